The molecule has 0 atom stereocenters. The lowest BCUT2D eigenvalue weighted by molar-refractivity contribution is 0.666. The number of fused-ring (bicyclic) bond motifs is 5. The van der Waals surface area contributed by atoms with E-state index in [0.29, 0.717) is 0 Å². The maximum Gasteiger partial charge on any atom is 0.0705 e. The van der Waals surface area contributed by atoms with Crippen molar-refractivity contribution in [2.75, 3.05) is 0 Å². The van der Waals surface area contributed by atoms with Crippen LogP contribution in [0.3, 0.4) is 0 Å². The highest BCUT2D eigenvalue weighted by molar-refractivity contribution is 5.96. The summed E-state index contributed by atoms with van der Waals surface area (Å²) in [5, 5.41) is 1.25. The monoisotopic (exact) mass is 398 g/mol. The van der Waals surface area contributed by atoms with Crippen molar-refractivity contribution in [1.82, 2.24) is 9.97 Å². The Morgan fingerprint density at radius 1 is 0.645 bits per heavy atom. The summed E-state index contributed by atoms with van der Waals surface area (Å²) >= 11 is 0. The van der Waals surface area contributed by atoms with Crippen molar-refractivity contribution in [2.24, 2.45) is 0 Å². The summed E-state index contributed by atoms with van der Waals surface area (Å²) in [6, 6.07) is 28.4. The van der Waals surface area contributed by atoms with Crippen LogP contribution in [0.2, 0.25) is 0 Å². The second kappa shape index (κ2) is 6.61. The first kappa shape index (κ1) is 18.0. The lowest BCUT2D eigenvalue weighted by atomic mass is 9.80. The first-order valence-electron chi connectivity index (χ1n) is 10.7. The van der Waals surface area contributed by atoms with Gasteiger partial charge in [-0.15, -0.1) is 0 Å². The van der Waals surface area contributed by atoms with E-state index in [2.05, 4.69) is 90.5 Å². The summed E-state index contributed by atoms with van der Waals surface area (Å²) in [7, 11) is 0. The molecule has 5 aromatic rings. The molecule has 2 nitrogen and oxygen atoms in total. The molecule has 0 N–H and O–H groups in total. The Labute approximate surface area is 182 Å². The molecule has 0 radical (unpaired) electrons. The molecule has 2 aromatic heterocycles. The molecule has 0 fully saturated rings. The Morgan fingerprint density at radius 2 is 1.35 bits per heavy atom. The molecule has 0 saturated heterocycles. The third kappa shape index (κ3) is 2.72. The molecule has 0 saturated carbocycles. The smallest absolute Gasteiger partial charge is 0.0705 e. The van der Waals surface area contributed by atoms with E-state index in [1.807, 2.05) is 24.5 Å². The molecule has 0 aliphatic heterocycles. The maximum absolute atomic E-state index is 4.58. The summed E-state index contributed by atoms with van der Waals surface area (Å²) in [6.45, 7) is 4.67. The Morgan fingerprint density at radius 3 is 2.13 bits per heavy atom. The maximum atomic E-state index is 4.58. The van der Waals surface area contributed by atoms with Gasteiger partial charge in [0.05, 0.1) is 5.52 Å². The number of benzene rings is 3. The Kier molecular flexibility index (Phi) is 3.85. The molecule has 2 heteroatoms. The van der Waals surface area contributed by atoms with E-state index < -0.39 is 0 Å². The second-order valence-electron chi connectivity index (χ2n) is 8.76. The van der Waals surface area contributed by atoms with Crippen LogP contribution < -0.4 is 0 Å². The SMILES string of the molecule is CC1(C)c2cc(-c3ccc(-c4cccnc4)cc3)ccc2-c2ccc3ncccc3c21. The van der Waals surface area contributed by atoms with Crippen LogP contribution in [0.25, 0.3) is 44.3 Å². The zero-order chi connectivity index (χ0) is 21.0. The second-order valence-corrected chi connectivity index (χ2v) is 8.76. The van der Waals surface area contributed by atoms with Crippen LogP contribution in [-0.2, 0) is 5.41 Å². The summed E-state index contributed by atoms with van der Waals surface area (Å²) in [5.74, 6) is 0. The summed E-state index contributed by atoms with van der Waals surface area (Å²) in [4.78, 5) is 8.81. The van der Waals surface area contributed by atoms with E-state index >= 15 is 0 Å². The normalized spacial score (nSPS) is 13.7. The van der Waals surface area contributed by atoms with Gasteiger partial charge in [-0.1, -0.05) is 68.4 Å². The molecular weight excluding hydrogens is 376 g/mol. The van der Waals surface area contributed by atoms with Gasteiger partial charge in [0.15, 0.2) is 0 Å². The number of pyridine rings is 2. The van der Waals surface area contributed by atoms with E-state index in [0.717, 1.165) is 11.1 Å². The Hall–Kier alpha value is -3.78. The zero-order valence-electron chi connectivity index (χ0n) is 17.6. The molecule has 1 aliphatic carbocycles. The van der Waals surface area contributed by atoms with Crippen molar-refractivity contribution in [2.45, 2.75) is 19.3 Å². The van der Waals surface area contributed by atoms with Crippen LogP contribution in [0.5, 0.6) is 0 Å². The first-order chi connectivity index (χ1) is 15.1. The molecule has 0 bridgehead atoms. The van der Waals surface area contributed by atoms with Gasteiger partial charge in [-0.05, 0) is 68.8 Å². The summed E-state index contributed by atoms with van der Waals surface area (Å²) in [5.41, 5.74) is 11.2. The molecule has 31 heavy (non-hydrogen) atoms. The van der Waals surface area contributed by atoms with Crippen molar-refractivity contribution in [3.8, 4) is 33.4 Å². The minimum atomic E-state index is -0.0706. The average Bonchev–Trinajstić information content (AvgIpc) is 3.06. The van der Waals surface area contributed by atoms with Crippen molar-refractivity contribution in [3.63, 3.8) is 0 Å². The fourth-order valence-corrected chi connectivity index (χ4v) is 5.05. The van der Waals surface area contributed by atoms with Crippen LogP contribution in [0.1, 0.15) is 25.0 Å². The minimum absolute atomic E-state index is 0.0706. The average molecular weight is 399 g/mol. The van der Waals surface area contributed by atoms with Gasteiger partial charge in [0.2, 0.25) is 0 Å². The van der Waals surface area contributed by atoms with Gasteiger partial charge in [-0.2, -0.15) is 0 Å². The van der Waals surface area contributed by atoms with E-state index in [-0.39, 0.29) is 5.41 Å². The van der Waals surface area contributed by atoms with Crippen molar-refractivity contribution >= 4 is 10.9 Å². The predicted octanol–water partition coefficient (Wildman–Crippen LogP) is 7.27. The molecule has 148 valence electrons. The highest BCUT2D eigenvalue weighted by Crippen LogP contribution is 2.51. The fourth-order valence-electron chi connectivity index (χ4n) is 5.05. The van der Waals surface area contributed by atoms with E-state index in [1.165, 1.54) is 44.3 Å². The van der Waals surface area contributed by atoms with Gasteiger partial charge in [-0.3, -0.25) is 9.97 Å². The lowest BCUT2D eigenvalue weighted by Crippen LogP contribution is -2.15. The molecule has 3 aromatic carbocycles. The molecule has 1 aliphatic rings. The zero-order valence-corrected chi connectivity index (χ0v) is 17.6. The highest BCUT2D eigenvalue weighted by atomic mass is 14.6. The lowest BCUT2D eigenvalue weighted by Gasteiger charge is -2.23. The first-order valence-corrected chi connectivity index (χ1v) is 10.7. The largest absolute Gasteiger partial charge is 0.264 e. The number of aromatic nitrogens is 2. The number of rotatable bonds is 2. The molecule has 0 unspecified atom stereocenters. The topological polar surface area (TPSA) is 25.8 Å². The van der Waals surface area contributed by atoms with Gasteiger partial charge in [0.25, 0.3) is 0 Å². The van der Waals surface area contributed by atoms with E-state index in [4.69, 9.17) is 0 Å². The van der Waals surface area contributed by atoms with Gasteiger partial charge in [-0.25, -0.2) is 0 Å². The van der Waals surface area contributed by atoms with E-state index in [9.17, 15) is 0 Å². The van der Waals surface area contributed by atoms with Crippen molar-refractivity contribution in [1.29, 1.82) is 0 Å². The van der Waals surface area contributed by atoms with Crippen LogP contribution in [0.15, 0.2) is 97.5 Å². The van der Waals surface area contributed by atoms with Crippen LogP contribution in [-0.4, -0.2) is 9.97 Å². The predicted molar refractivity (Wildman–Crippen MR) is 128 cm³/mol. The minimum Gasteiger partial charge on any atom is -0.264 e. The van der Waals surface area contributed by atoms with Gasteiger partial charge >= 0.3 is 0 Å². The molecule has 2 heterocycles. The van der Waals surface area contributed by atoms with Gasteiger partial charge in [0, 0.05) is 29.4 Å². The molecular formula is C29H22N2. The highest BCUT2D eigenvalue weighted by Gasteiger charge is 2.37. The van der Waals surface area contributed by atoms with Crippen LogP contribution >= 0.6 is 0 Å². The third-order valence-electron chi connectivity index (χ3n) is 6.61. The third-order valence-corrected chi connectivity index (χ3v) is 6.61. The molecule has 0 amide bonds. The van der Waals surface area contributed by atoms with Crippen molar-refractivity contribution < 1.29 is 0 Å². The number of nitrogens with zero attached hydrogens (tertiary/aromatic N) is 2. The quantitative estimate of drug-likeness (QED) is 0.312. The van der Waals surface area contributed by atoms with Crippen molar-refractivity contribution in [3.05, 3.63) is 109 Å². The molecule has 6 rings (SSSR count). The fraction of sp³-hybridized carbons (Fsp3) is 0.103. The van der Waals surface area contributed by atoms with Gasteiger partial charge in [0.1, 0.15) is 0 Å². The van der Waals surface area contributed by atoms with Crippen LogP contribution in [0.4, 0.5) is 0 Å². The molecule has 0 spiro atoms. The summed E-state index contributed by atoms with van der Waals surface area (Å²) in [6.07, 6.45) is 5.59. The Balaban J connectivity index is 1.45. The standard InChI is InChI=1S/C29H22N2/c1-29(2)26-17-21(19-7-9-20(10-8-19)22-5-3-15-30-18-22)11-12-23(26)24-13-14-27-25(28(24)29)6-4-16-31-27/h3-18H,1-2H3. The van der Waals surface area contributed by atoms with E-state index in [1.54, 1.807) is 6.20 Å². The Bertz CT molecular complexity index is 1430. The summed E-state index contributed by atoms with van der Waals surface area (Å²) < 4.78 is 0. The van der Waals surface area contributed by atoms with Crippen LogP contribution in [0, 0.1) is 0 Å². The number of hydrogen-bond donors (Lipinski definition) is 0. The number of hydrogen-bond acceptors (Lipinski definition) is 2. The van der Waals surface area contributed by atoms with Gasteiger partial charge < -0.3 is 0 Å².